The van der Waals surface area contributed by atoms with Crippen molar-refractivity contribution in [2.24, 2.45) is 0 Å². The standard InChI is InChI=1S/C14H17N3O3/c1-8-7-11(12-9(2)16-20-14(12)15-8)13(18)17-19-10-5-3-4-6-10/h7,10H,3-6H2,1-2H3,(H,17,18). The van der Waals surface area contributed by atoms with Gasteiger partial charge in [-0.25, -0.2) is 10.5 Å². The van der Waals surface area contributed by atoms with E-state index in [1.165, 1.54) is 0 Å². The Bertz CT molecular complexity index is 644. The van der Waals surface area contributed by atoms with E-state index < -0.39 is 0 Å². The van der Waals surface area contributed by atoms with Crippen LogP contribution in [-0.4, -0.2) is 22.2 Å². The van der Waals surface area contributed by atoms with Crippen LogP contribution in [0.1, 0.15) is 47.4 Å². The molecule has 3 rings (SSSR count). The minimum atomic E-state index is -0.279. The largest absolute Gasteiger partial charge is 0.336 e. The summed E-state index contributed by atoms with van der Waals surface area (Å²) in [7, 11) is 0. The fraction of sp³-hybridized carbons (Fsp3) is 0.500. The van der Waals surface area contributed by atoms with Crippen molar-refractivity contribution in [3.8, 4) is 0 Å². The second-order valence-electron chi connectivity index (χ2n) is 5.21. The Morgan fingerprint density at radius 3 is 2.90 bits per heavy atom. The Hall–Kier alpha value is -1.95. The Kier molecular flexibility index (Phi) is 3.40. The molecule has 0 aliphatic heterocycles. The smallest absolute Gasteiger partial charge is 0.275 e. The topological polar surface area (TPSA) is 77.2 Å². The molecular weight excluding hydrogens is 258 g/mol. The number of carbonyl (C=O) groups excluding carboxylic acids is 1. The van der Waals surface area contributed by atoms with Gasteiger partial charge in [-0.2, -0.15) is 0 Å². The number of aromatic nitrogens is 2. The summed E-state index contributed by atoms with van der Waals surface area (Å²) < 4.78 is 5.12. The fourth-order valence-corrected chi connectivity index (χ4v) is 2.59. The van der Waals surface area contributed by atoms with Gasteiger partial charge in [-0.15, -0.1) is 0 Å². The third kappa shape index (κ3) is 2.38. The van der Waals surface area contributed by atoms with Crippen molar-refractivity contribution in [1.29, 1.82) is 0 Å². The Morgan fingerprint density at radius 2 is 2.15 bits per heavy atom. The lowest BCUT2D eigenvalue weighted by Gasteiger charge is -2.11. The summed E-state index contributed by atoms with van der Waals surface area (Å²) in [6.45, 7) is 3.60. The predicted molar refractivity (Wildman–Crippen MR) is 72.1 cm³/mol. The highest BCUT2D eigenvalue weighted by Crippen LogP contribution is 2.23. The van der Waals surface area contributed by atoms with E-state index in [2.05, 4.69) is 15.6 Å². The van der Waals surface area contributed by atoms with E-state index in [1.54, 1.807) is 13.0 Å². The summed E-state index contributed by atoms with van der Waals surface area (Å²) in [4.78, 5) is 22.0. The second-order valence-corrected chi connectivity index (χ2v) is 5.21. The van der Waals surface area contributed by atoms with Gasteiger partial charge in [-0.1, -0.05) is 18.0 Å². The Balaban J connectivity index is 1.84. The molecule has 6 heteroatoms. The number of nitrogens with one attached hydrogen (secondary N) is 1. The highest BCUT2D eigenvalue weighted by Gasteiger charge is 2.20. The molecule has 1 aliphatic rings. The van der Waals surface area contributed by atoms with Crippen LogP contribution in [0.5, 0.6) is 0 Å². The summed E-state index contributed by atoms with van der Waals surface area (Å²) in [6, 6.07) is 1.72. The molecular formula is C14H17N3O3. The van der Waals surface area contributed by atoms with Gasteiger partial charge in [0, 0.05) is 5.69 Å². The lowest BCUT2D eigenvalue weighted by Crippen LogP contribution is -2.28. The van der Waals surface area contributed by atoms with Crippen LogP contribution in [0, 0.1) is 13.8 Å². The van der Waals surface area contributed by atoms with Gasteiger partial charge in [0.25, 0.3) is 11.6 Å². The summed E-state index contributed by atoms with van der Waals surface area (Å²) in [5, 5.41) is 4.50. The summed E-state index contributed by atoms with van der Waals surface area (Å²) in [6.07, 6.45) is 4.43. The van der Waals surface area contributed by atoms with Crippen LogP contribution >= 0.6 is 0 Å². The number of hydroxylamine groups is 1. The molecule has 1 saturated carbocycles. The number of rotatable bonds is 3. The molecule has 1 amide bonds. The number of nitrogens with zero attached hydrogens (tertiary/aromatic N) is 2. The van der Waals surface area contributed by atoms with Gasteiger partial charge < -0.3 is 4.52 Å². The minimum Gasteiger partial charge on any atom is -0.336 e. The van der Waals surface area contributed by atoms with Crippen LogP contribution in [0.3, 0.4) is 0 Å². The molecule has 0 aromatic carbocycles. The zero-order valence-electron chi connectivity index (χ0n) is 11.6. The van der Waals surface area contributed by atoms with Gasteiger partial charge in [0.05, 0.1) is 22.7 Å². The Labute approximate surface area is 116 Å². The number of aryl methyl sites for hydroxylation is 2. The lowest BCUT2D eigenvalue weighted by atomic mass is 10.1. The summed E-state index contributed by atoms with van der Waals surface area (Å²) in [5.41, 5.74) is 4.77. The summed E-state index contributed by atoms with van der Waals surface area (Å²) >= 11 is 0. The zero-order chi connectivity index (χ0) is 14.1. The van der Waals surface area contributed by atoms with Crippen molar-refractivity contribution < 1.29 is 14.2 Å². The minimum absolute atomic E-state index is 0.126. The maximum Gasteiger partial charge on any atom is 0.275 e. The van der Waals surface area contributed by atoms with Gasteiger partial charge >= 0.3 is 0 Å². The second kappa shape index (κ2) is 5.20. The van der Waals surface area contributed by atoms with Crippen molar-refractivity contribution in [3.05, 3.63) is 23.0 Å². The van der Waals surface area contributed by atoms with Crippen LogP contribution in [0.15, 0.2) is 10.6 Å². The first kappa shape index (κ1) is 13.1. The molecule has 0 spiro atoms. The first-order chi connectivity index (χ1) is 9.65. The quantitative estimate of drug-likeness (QED) is 0.870. The van der Waals surface area contributed by atoms with Crippen LogP contribution in [0.4, 0.5) is 0 Å². The number of pyridine rings is 1. The highest BCUT2D eigenvalue weighted by molar-refractivity contribution is 6.05. The molecule has 0 bridgehead atoms. The van der Waals surface area contributed by atoms with E-state index in [-0.39, 0.29) is 12.0 Å². The molecule has 106 valence electrons. The van der Waals surface area contributed by atoms with Crippen molar-refractivity contribution in [3.63, 3.8) is 0 Å². The molecule has 2 heterocycles. The van der Waals surface area contributed by atoms with Gasteiger partial charge in [-0.05, 0) is 32.8 Å². The number of hydrogen-bond acceptors (Lipinski definition) is 5. The van der Waals surface area contributed by atoms with E-state index >= 15 is 0 Å². The van der Waals surface area contributed by atoms with Crippen LogP contribution in [0.25, 0.3) is 11.1 Å². The number of fused-ring (bicyclic) bond motifs is 1. The predicted octanol–water partition coefficient (Wildman–Crippen LogP) is 2.44. The zero-order valence-corrected chi connectivity index (χ0v) is 11.6. The molecule has 1 aliphatic carbocycles. The van der Waals surface area contributed by atoms with Crippen LogP contribution in [0.2, 0.25) is 0 Å². The van der Waals surface area contributed by atoms with Crippen LogP contribution in [-0.2, 0) is 4.84 Å². The lowest BCUT2D eigenvalue weighted by molar-refractivity contribution is -0.0124. The normalized spacial score (nSPS) is 15.9. The van der Waals surface area contributed by atoms with Crippen molar-refractivity contribution in [2.75, 3.05) is 0 Å². The first-order valence-corrected chi connectivity index (χ1v) is 6.85. The average molecular weight is 275 g/mol. The third-order valence-electron chi connectivity index (χ3n) is 3.61. The Morgan fingerprint density at radius 1 is 1.40 bits per heavy atom. The van der Waals surface area contributed by atoms with E-state index in [0.29, 0.717) is 28.1 Å². The monoisotopic (exact) mass is 275 g/mol. The van der Waals surface area contributed by atoms with E-state index in [4.69, 9.17) is 9.36 Å². The average Bonchev–Trinajstić information content (AvgIpc) is 3.05. The molecule has 2 aromatic heterocycles. The van der Waals surface area contributed by atoms with Gasteiger partial charge in [0.1, 0.15) is 0 Å². The van der Waals surface area contributed by atoms with Gasteiger partial charge in [-0.3, -0.25) is 9.63 Å². The van der Waals surface area contributed by atoms with Crippen molar-refractivity contribution in [2.45, 2.75) is 45.6 Å². The molecule has 0 saturated heterocycles. The molecule has 1 N–H and O–H groups in total. The van der Waals surface area contributed by atoms with E-state index in [1.807, 2.05) is 6.92 Å². The van der Waals surface area contributed by atoms with Crippen molar-refractivity contribution in [1.82, 2.24) is 15.6 Å². The van der Waals surface area contributed by atoms with Crippen LogP contribution < -0.4 is 5.48 Å². The highest BCUT2D eigenvalue weighted by atomic mass is 16.7. The maximum absolute atomic E-state index is 12.3. The van der Waals surface area contributed by atoms with Gasteiger partial charge in [0.15, 0.2) is 0 Å². The molecule has 0 unspecified atom stereocenters. The van der Waals surface area contributed by atoms with Crippen molar-refractivity contribution >= 4 is 17.0 Å². The maximum atomic E-state index is 12.3. The number of hydrogen-bond donors (Lipinski definition) is 1. The molecule has 6 nitrogen and oxygen atoms in total. The number of amides is 1. The molecule has 0 radical (unpaired) electrons. The molecule has 2 aromatic rings. The van der Waals surface area contributed by atoms with Gasteiger partial charge in [0.2, 0.25) is 0 Å². The SMILES string of the molecule is Cc1cc(C(=O)NOC2CCCC2)c2c(C)noc2n1. The summed E-state index contributed by atoms with van der Waals surface area (Å²) in [5.74, 6) is -0.279. The first-order valence-electron chi connectivity index (χ1n) is 6.85. The van der Waals surface area contributed by atoms with E-state index in [9.17, 15) is 4.79 Å². The number of carbonyl (C=O) groups is 1. The molecule has 1 fully saturated rings. The van der Waals surface area contributed by atoms with E-state index in [0.717, 1.165) is 25.7 Å². The fourth-order valence-electron chi connectivity index (χ4n) is 2.59. The molecule has 20 heavy (non-hydrogen) atoms. The molecule has 0 atom stereocenters. The third-order valence-corrected chi connectivity index (χ3v) is 3.61.